The third-order valence-corrected chi connectivity index (χ3v) is 13.0. The summed E-state index contributed by atoms with van der Waals surface area (Å²) in [7, 11) is 0. The average molecular weight is 841 g/mol. The molecule has 0 N–H and O–H groups in total. The standard InChI is InChI=1S/C64H44N2/c1-2-16-45(17-3-1)46-32-34-47(35-33-46)48-36-40-52(41-37-48)65(54-21-14-20-51(44-54)57-28-15-19-49-18-4-5-22-55(49)57)53-42-38-50(39-43-53)56-23-6-7-24-58(56)59-25-8-11-29-62(59)66-63-30-12-9-26-60(63)61-27-10-13-31-64(61)66/h1-44H. The van der Waals surface area contributed by atoms with E-state index in [1.165, 1.54) is 82.6 Å². The molecule has 11 aromatic carbocycles. The number of para-hydroxylation sites is 3. The molecular formula is C64H44N2. The number of hydrogen-bond acceptors (Lipinski definition) is 1. The Morgan fingerprint density at radius 1 is 0.242 bits per heavy atom. The molecule has 0 amide bonds. The molecule has 0 fully saturated rings. The molecule has 0 saturated heterocycles. The van der Waals surface area contributed by atoms with Crippen molar-refractivity contribution >= 4 is 49.6 Å². The minimum absolute atomic E-state index is 1.08. The van der Waals surface area contributed by atoms with E-state index in [2.05, 4.69) is 276 Å². The van der Waals surface area contributed by atoms with E-state index in [9.17, 15) is 0 Å². The van der Waals surface area contributed by atoms with Crippen molar-refractivity contribution in [2.75, 3.05) is 4.90 Å². The van der Waals surface area contributed by atoms with Gasteiger partial charge in [0.1, 0.15) is 0 Å². The van der Waals surface area contributed by atoms with E-state index in [-0.39, 0.29) is 0 Å². The van der Waals surface area contributed by atoms with Gasteiger partial charge >= 0.3 is 0 Å². The van der Waals surface area contributed by atoms with E-state index in [1.807, 2.05) is 0 Å². The van der Waals surface area contributed by atoms with Crippen molar-refractivity contribution in [2.24, 2.45) is 0 Å². The van der Waals surface area contributed by atoms with Crippen LogP contribution < -0.4 is 4.90 Å². The van der Waals surface area contributed by atoms with Gasteiger partial charge in [-0.3, -0.25) is 0 Å². The zero-order valence-electron chi connectivity index (χ0n) is 36.3. The average Bonchev–Trinajstić information content (AvgIpc) is 3.74. The lowest BCUT2D eigenvalue weighted by atomic mass is 9.93. The van der Waals surface area contributed by atoms with Crippen molar-refractivity contribution in [1.82, 2.24) is 4.57 Å². The van der Waals surface area contributed by atoms with E-state index in [0.717, 1.165) is 28.3 Å². The molecule has 0 bridgehead atoms. The van der Waals surface area contributed by atoms with Gasteiger partial charge in [-0.05, 0) is 115 Å². The molecule has 310 valence electrons. The number of nitrogens with zero attached hydrogens (tertiary/aromatic N) is 2. The highest BCUT2D eigenvalue weighted by Crippen LogP contribution is 2.43. The number of hydrogen-bond donors (Lipinski definition) is 0. The third-order valence-electron chi connectivity index (χ3n) is 13.0. The molecule has 12 aromatic rings. The summed E-state index contributed by atoms with van der Waals surface area (Å²) in [5, 5.41) is 4.99. The second kappa shape index (κ2) is 16.8. The van der Waals surface area contributed by atoms with Crippen LogP contribution >= 0.6 is 0 Å². The summed E-state index contributed by atoms with van der Waals surface area (Å²) in [4.78, 5) is 2.38. The first kappa shape index (κ1) is 38.9. The second-order valence-corrected chi connectivity index (χ2v) is 16.9. The number of benzene rings is 11. The second-order valence-electron chi connectivity index (χ2n) is 16.9. The van der Waals surface area contributed by atoms with E-state index in [0.29, 0.717) is 0 Å². The lowest BCUT2D eigenvalue weighted by molar-refractivity contribution is 1.18. The van der Waals surface area contributed by atoms with Crippen LogP contribution in [-0.2, 0) is 0 Å². The van der Waals surface area contributed by atoms with Crippen LogP contribution in [0.15, 0.2) is 267 Å². The molecule has 1 heterocycles. The molecule has 1 aromatic heterocycles. The first-order valence-corrected chi connectivity index (χ1v) is 22.7. The smallest absolute Gasteiger partial charge is 0.0541 e. The van der Waals surface area contributed by atoms with E-state index in [4.69, 9.17) is 0 Å². The summed E-state index contributed by atoms with van der Waals surface area (Å²) in [5.41, 5.74) is 18.7. The fourth-order valence-electron chi connectivity index (χ4n) is 9.86. The Balaban J connectivity index is 0.943. The van der Waals surface area contributed by atoms with Crippen molar-refractivity contribution in [2.45, 2.75) is 0 Å². The summed E-state index contributed by atoms with van der Waals surface area (Å²) >= 11 is 0. The Labute approximate surface area is 385 Å². The zero-order chi connectivity index (χ0) is 43.8. The quantitative estimate of drug-likeness (QED) is 0.141. The molecule has 0 radical (unpaired) electrons. The molecule has 0 spiro atoms. The Hall–Kier alpha value is -8.72. The van der Waals surface area contributed by atoms with Crippen LogP contribution in [0.4, 0.5) is 17.1 Å². The van der Waals surface area contributed by atoms with Gasteiger partial charge in [-0.25, -0.2) is 0 Å². The van der Waals surface area contributed by atoms with Gasteiger partial charge < -0.3 is 9.47 Å². The summed E-state index contributed by atoms with van der Waals surface area (Å²) in [6.45, 7) is 0. The molecule has 0 atom stereocenters. The number of rotatable bonds is 9. The first-order valence-electron chi connectivity index (χ1n) is 22.7. The van der Waals surface area contributed by atoms with Crippen LogP contribution in [0.3, 0.4) is 0 Å². The normalized spacial score (nSPS) is 11.3. The van der Waals surface area contributed by atoms with Crippen molar-refractivity contribution in [3.05, 3.63) is 267 Å². The lowest BCUT2D eigenvalue weighted by Gasteiger charge is -2.27. The Morgan fingerprint density at radius 2 is 0.682 bits per heavy atom. The van der Waals surface area contributed by atoms with Crippen molar-refractivity contribution in [1.29, 1.82) is 0 Å². The highest BCUT2D eigenvalue weighted by molar-refractivity contribution is 6.10. The van der Waals surface area contributed by atoms with Gasteiger partial charge in [-0.2, -0.15) is 0 Å². The van der Waals surface area contributed by atoms with Gasteiger partial charge in [0.15, 0.2) is 0 Å². The van der Waals surface area contributed by atoms with E-state index < -0.39 is 0 Å². The minimum Gasteiger partial charge on any atom is -0.310 e. The van der Waals surface area contributed by atoms with Gasteiger partial charge in [-0.15, -0.1) is 0 Å². The molecular weight excluding hydrogens is 797 g/mol. The lowest BCUT2D eigenvalue weighted by Crippen LogP contribution is -2.10. The van der Waals surface area contributed by atoms with Crippen LogP contribution in [0.5, 0.6) is 0 Å². The SMILES string of the molecule is c1ccc(-c2ccc(-c3ccc(N(c4ccc(-c5ccccc5-c5ccccc5-n5c6ccccc6c6ccccc65)cc4)c4cccc(-c5cccc6ccccc56)c4)cc3)cc2)cc1. The molecule has 66 heavy (non-hydrogen) atoms. The van der Waals surface area contributed by atoms with E-state index >= 15 is 0 Å². The first-order chi connectivity index (χ1) is 32.7. The van der Waals surface area contributed by atoms with Crippen LogP contribution in [-0.4, -0.2) is 4.57 Å². The number of anilines is 3. The molecule has 0 saturated carbocycles. The van der Waals surface area contributed by atoms with Gasteiger partial charge in [0.2, 0.25) is 0 Å². The topological polar surface area (TPSA) is 8.17 Å². The van der Waals surface area contributed by atoms with E-state index in [1.54, 1.807) is 0 Å². The molecule has 0 unspecified atom stereocenters. The van der Waals surface area contributed by atoms with Gasteiger partial charge in [0.25, 0.3) is 0 Å². The number of fused-ring (bicyclic) bond motifs is 4. The molecule has 0 aliphatic heterocycles. The third kappa shape index (κ3) is 7.02. The van der Waals surface area contributed by atoms with Crippen molar-refractivity contribution in [3.8, 4) is 61.3 Å². The van der Waals surface area contributed by atoms with Crippen LogP contribution in [0.1, 0.15) is 0 Å². The summed E-state index contributed by atoms with van der Waals surface area (Å²) in [5.74, 6) is 0. The fraction of sp³-hybridized carbons (Fsp3) is 0. The Morgan fingerprint density at radius 3 is 1.35 bits per heavy atom. The van der Waals surface area contributed by atoms with Crippen LogP contribution in [0.2, 0.25) is 0 Å². The Bertz CT molecular complexity index is 3620. The number of aromatic nitrogens is 1. The molecule has 12 rings (SSSR count). The monoisotopic (exact) mass is 840 g/mol. The maximum absolute atomic E-state index is 2.43. The van der Waals surface area contributed by atoms with Crippen LogP contribution in [0, 0.1) is 0 Å². The van der Waals surface area contributed by atoms with Gasteiger partial charge in [-0.1, -0.05) is 212 Å². The van der Waals surface area contributed by atoms with Gasteiger partial charge in [0.05, 0.1) is 16.7 Å². The summed E-state index contributed by atoms with van der Waals surface area (Å²) in [6, 6.07) is 96.8. The predicted octanol–water partition coefficient (Wildman–Crippen LogP) is 17.7. The van der Waals surface area contributed by atoms with Crippen molar-refractivity contribution in [3.63, 3.8) is 0 Å². The van der Waals surface area contributed by atoms with Crippen LogP contribution in [0.25, 0.3) is 93.9 Å². The largest absolute Gasteiger partial charge is 0.310 e. The van der Waals surface area contributed by atoms with Gasteiger partial charge in [0, 0.05) is 33.4 Å². The maximum Gasteiger partial charge on any atom is 0.0541 e. The van der Waals surface area contributed by atoms with Crippen molar-refractivity contribution < 1.29 is 0 Å². The Kier molecular flexibility index (Phi) is 9.89. The predicted molar refractivity (Wildman–Crippen MR) is 280 cm³/mol. The zero-order valence-corrected chi connectivity index (χ0v) is 36.3. The highest BCUT2D eigenvalue weighted by Gasteiger charge is 2.19. The molecule has 0 aliphatic rings. The fourth-order valence-corrected chi connectivity index (χ4v) is 9.86. The molecule has 2 heteroatoms. The molecule has 0 aliphatic carbocycles. The minimum atomic E-state index is 1.08. The highest BCUT2D eigenvalue weighted by atomic mass is 15.1. The summed E-state index contributed by atoms with van der Waals surface area (Å²) in [6.07, 6.45) is 0. The maximum atomic E-state index is 2.43. The summed E-state index contributed by atoms with van der Waals surface area (Å²) < 4.78 is 2.43. The molecule has 2 nitrogen and oxygen atoms in total.